The molecule has 0 saturated heterocycles. The minimum Gasteiger partial charge on any atom is -0.493 e. The SMILES string of the molecule is O=C1COc2cc(OCCCCN3CCc4c(ccc(Cl)c4Cl)C3)ccc2N1. The zero-order valence-corrected chi connectivity index (χ0v) is 17.0. The Bertz CT molecular complexity index is 888. The lowest BCUT2D eigenvalue weighted by molar-refractivity contribution is -0.118. The molecule has 0 spiro atoms. The molecular formula is C21H22Cl2N2O3. The van der Waals surface area contributed by atoms with Crippen molar-refractivity contribution in [1.82, 2.24) is 4.90 Å². The Kier molecular flexibility index (Phi) is 5.95. The Morgan fingerprint density at radius 3 is 2.96 bits per heavy atom. The van der Waals surface area contributed by atoms with Crippen molar-refractivity contribution in [3.63, 3.8) is 0 Å². The fraction of sp³-hybridized carbons (Fsp3) is 0.381. The lowest BCUT2D eigenvalue weighted by atomic mass is 9.99. The predicted octanol–water partition coefficient (Wildman–Crippen LogP) is 4.54. The van der Waals surface area contributed by atoms with Gasteiger partial charge in [0.15, 0.2) is 6.61 Å². The summed E-state index contributed by atoms with van der Waals surface area (Å²) in [5, 5.41) is 4.12. The van der Waals surface area contributed by atoms with Crippen LogP contribution in [0.25, 0.3) is 0 Å². The van der Waals surface area contributed by atoms with E-state index in [2.05, 4.69) is 16.3 Å². The average molecular weight is 421 g/mol. The minimum atomic E-state index is -0.133. The molecule has 5 nitrogen and oxygen atoms in total. The zero-order valence-electron chi connectivity index (χ0n) is 15.5. The van der Waals surface area contributed by atoms with Crippen LogP contribution in [0.2, 0.25) is 10.0 Å². The number of anilines is 1. The summed E-state index contributed by atoms with van der Waals surface area (Å²) < 4.78 is 11.2. The number of carbonyl (C=O) groups is 1. The van der Waals surface area contributed by atoms with Gasteiger partial charge in [-0.1, -0.05) is 29.3 Å². The number of hydrogen-bond acceptors (Lipinski definition) is 4. The highest BCUT2D eigenvalue weighted by atomic mass is 35.5. The number of hydrogen-bond donors (Lipinski definition) is 1. The van der Waals surface area contributed by atoms with Gasteiger partial charge in [0.2, 0.25) is 0 Å². The second-order valence-electron chi connectivity index (χ2n) is 7.08. The topological polar surface area (TPSA) is 50.8 Å². The van der Waals surface area contributed by atoms with E-state index >= 15 is 0 Å². The maximum Gasteiger partial charge on any atom is 0.262 e. The number of ether oxygens (including phenoxy) is 2. The maximum absolute atomic E-state index is 11.3. The van der Waals surface area contributed by atoms with Gasteiger partial charge >= 0.3 is 0 Å². The third-order valence-corrected chi connectivity index (χ3v) is 5.93. The van der Waals surface area contributed by atoms with Gasteiger partial charge < -0.3 is 14.8 Å². The van der Waals surface area contributed by atoms with E-state index in [0.717, 1.165) is 44.6 Å². The Labute approximate surface area is 174 Å². The first-order chi connectivity index (χ1) is 13.6. The largest absolute Gasteiger partial charge is 0.493 e. The van der Waals surface area contributed by atoms with E-state index in [-0.39, 0.29) is 12.5 Å². The fourth-order valence-electron chi connectivity index (χ4n) is 3.60. The van der Waals surface area contributed by atoms with Crippen LogP contribution in [-0.2, 0) is 17.8 Å². The second-order valence-corrected chi connectivity index (χ2v) is 7.86. The first-order valence-corrected chi connectivity index (χ1v) is 10.2. The van der Waals surface area contributed by atoms with Crippen LogP contribution in [0, 0.1) is 0 Å². The van der Waals surface area contributed by atoms with Crippen molar-refractivity contribution >= 4 is 34.8 Å². The molecule has 0 radical (unpaired) electrons. The lowest BCUT2D eigenvalue weighted by Gasteiger charge is -2.29. The van der Waals surface area contributed by atoms with E-state index in [1.807, 2.05) is 24.3 Å². The summed E-state index contributed by atoms with van der Waals surface area (Å²) in [6.07, 6.45) is 2.98. The van der Waals surface area contributed by atoms with Crippen LogP contribution >= 0.6 is 23.2 Å². The van der Waals surface area contributed by atoms with Crippen LogP contribution in [0.15, 0.2) is 30.3 Å². The van der Waals surface area contributed by atoms with Gasteiger partial charge in [0.25, 0.3) is 5.91 Å². The molecule has 0 aliphatic carbocycles. The van der Waals surface area contributed by atoms with E-state index in [0.29, 0.717) is 28.1 Å². The van der Waals surface area contributed by atoms with Crippen LogP contribution in [0.3, 0.4) is 0 Å². The van der Waals surface area contributed by atoms with Crippen LogP contribution in [0.5, 0.6) is 11.5 Å². The Hall–Kier alpha value is -1.95. The predicted molar refractivity (Wildman–Crippen MR) is 111 cm³/mol. The number of unbranched alkanes of at least 4 members (excludes halogenated alkanes) is 1. The van der Waals surface area contributed by atoms with Gasteiger partial charge in [0, 0.05) is 19.2 Å². The highest BCUT2D eigenvalue weighted by Crippen LogP contribution is 2.33. The van der Waals surface area contributed by atoms with Gasteiger partial charge in [0.1, 0.15) is 11.5 Å². The van der Waals surface area contributed by atoms with Gasteiger partial charge in [-0.3, -0.25) is 9.69 Å². The fourth-order valence-corrected chi connectivity index (χ4v) is 4.06. The molecule has 1 amide bonds. The number of nitrogens with one attached hydrogen (secondary N) is 1. The van der Waals surface area contributed by atoms with E-state index in [1.54, 1.807) is 0 Å². The maximum atomic E-state index is 11.3. The molecule has 28 heavy (non-hydrogen) atoms. The molecule has 0 aromatic heterocycles. The Morgan fingerprint density at radius 1 is 1.18 bits per heavy atom. The standard InChI is InChI=1S/C21H22Cl2N2O3/c22-17-5-3-14-12-25(9-7-16(14)21(17)23)8-1-2-10-27-15-4-6-18-19(11-15)28-13-20(26)24-18/h3-6,11H,1-2,7-10,12-13H2,(H,24,26). The molecule has 0 bridgehead atoms. The van der Waals surface area contributed by atoms with Crippen molar-refractivity contribution < 1.29 is 14.3 Å². The van der Waals surface area contributed by atoms with E-state index < -0.39 is 0 Å². The molecule has 2 aliphatic rings. The zero-order chi connectivity index (χ0) is 19.5. The molecule has 1 N–H and O–H groups in total. The molecule has 2 aliphatic heterocycles. The van der Waals surface area contributed by atoms with Gasteiger partial charge in [-0.25, -0.2) is 0 Å². The molecule has 0 fully saturated rings. The molecular weight excluding hydrogens is 399 g/mol. The first kappa shape index (κ1) is 19.4. The highest BCUT2D eigenvalue weighted by Gasteiger charge is 2.19. The van der Waals surface area contributed by atoms with Crippen molar-refractivity contribution in [2.75, 3.05) is 31.6 Å². The van der Waals surface area contributed by atoms with Gasteiger partial charge in [-0.2, -0.15) is 0 Å². The van der Waals surface area contributed by atoms with Crippen LogP contribution in [0.1, 0.15) is 24.0 Å². The Balaban J connectivity index is 1.20. The number of nitrogens with zero attached hydrogens (tertiary/aromatic N) is 1. The number of carbonyl (C=O) groups excluding carboxylic acids is 1. The monoisotopic (exact) mass is 420 g/mol. The normalized spacial score (nSPS) is 16.0. The van der Waals surface area contributed by atoms with Crippen molar-refractivity contribution in [3.05, 3.63) is 51.5 Å². The van der Waals surface area contributed by atoms with Gasteiger partial charge in [-0.05, 0) is 55.1 Å². The average Bonchev–Trinajstić information content (AvgIpc) is 2.70. The summed E-state index contributed by atoms with van der Waals surface area (Å²) in [4.78, 5) is 13.7. The number of halogens is 2. The number of benzene rings is 2. The third kappa shape index (κ3) is 4.37. The van der Waals surface area contributed by atoms with Gasteiger partial charge in [-0.15, -0.1) is 0 Å². The Morgan fingerprint density at radius 2 is 2.07 bits per heavy atom. The smallest absolute Gasteiger partial charge is 0.262 e. The summed E-state index contributed by atoms with van der Waals surface area (Å²) >= 11 is 12.4. The number of fused-ring (bicyclic) bond motifs is 2. The molecule has 0 saturated carbocycles. The summed E-state index contributed by atoms with van der Waals surface area (Å²) in [7, 11) is 0. The van der Waals surface area contributed by atoms with E-state index in [4.69, 9.17) is 32.7 Å². The molecule has 2 aromatic carbocycles. The third-order valence-electron chi connectivity index (χ3n) is 5.09. The molecule has 2 heterocycles. The van der Waals surface area contributed by atoms with E-state index in [1.165, 1.54) is 11.1 Å². The molecule has 0 unspecified atom stereocenters. The van der Waals surface area contributed by atoms with Crippen LogP contribution < -0.4 is 14.8 Å². The summed E-state index contributed by atoms with van der Waals surface area (Å²) in [5.41, 5.74) is 3.16. The van der Waals surface area contributed by atoms with Gasteiger partial charge in [0.05, 0.1) is 22.3 Å². The minimum absolute atomic E-state index is 0.0484. The first-order valence-electron chi connectivity index (χ1n) is 9.48. The molecule has 2 aromatic rings. The molecule has 7 heteroatoms. The van der Waals surface area contributed by atoms with Crippen LogP contribution in [0.4, 0.5) is 5.69 Å². The van der Waals surface area contributed by atoms with E-state index in [9.17, 15) is 4.79 Å². The van der Waals surface area contributed by atoms with Crippen molar-refractivity contribution in [2.24, 2.45) is 0 Å². The summed E-state index contributed by atoms with van der Waals surface area (Å²) in [6.45, 7) is 3.65. The molecule has 0 atom stereocenters. The summed E-state index contributed by atoms with van der Waals surface area (Å²) in [5.74, 6) is 1.28. The van der Waals surface area contributed by atoms with Crippen molar-refractivity contribution in [2.45, 2.75) is 25.8 Å². The highest BCUT2D eigenvalue weighted by molar-refractivity contribution is 6.42. The number of amides is 1. The summed E-state index contributed by atoms with van der Waals surface area (Å²) in [6, 6.07) is 9.45. The quantitative estimate of drug-likeness (QED) is 0.696. The lowest BCUT2D eigenvalue weighted by Crippen LogP contribution is -2.31. The van der Waals surface area contributed by atoms with Crippen LogP contribution in [-0.4, -0.2) is 37.1 Å². The molecule has 148 valence electrons. The number of rotatable bonds is 6. The molecule has 4 rings (SSSR count). The second kappa shape index (κ2) is 8.60. The van der Waals surface area contributed by atoms with Crippen molar-refractivity contribution in [3.8, 4) is 11.5 Å². The van der Waals surface area contributed by atoms with Crippen molar-refractivity contribution in [1.29, 1.82) is 0 Å².